The number of fused-ring (bicyclic) bond motifs is 1. The lowest BCUT2D eigenvalue weighted by atomic mass is 10.0. The molecule has 0 amide bonds. The highest BCUT2D eigenvalue weighted by Gasteiger charge is 2.26. The number of para-hydroxylation sites is 1. The van der Waals surface area contributed by atoms with Gasteiger partial charge in [-0.05, 0) is 42.0 Å². The van der Waals surface area contributed by atoms with Crippen LogP contribution in [-0.4, -0.2) is 10.7 Å². The van der Waals surface area contributed by atoms with Crippen molar-refractivity contribution in [1.82, 2.24) is 4.90 Å². The summed E-state index contributed by atoms with van der Waals surface area (Å²) in [6.45, 7) is 3.01. The molecule has 1 atom stereocenters. The van der Waals surface area contributed by atoms with Crippen molar-refractivity contribution < 1.29 is 0 Å². The number of rotatable bonds is 3. The summed E-state index contributed by atoms with van der Waals surface area (Å²) >= 11 is 1.83. The van der Waals surface area contributed by atoms with E-state index in [0.29, 0.717) is 6.04 Å². The van der Waals surface area contributed by atoms with Gasteiger partial charge in [0.2, 0.25) is 0 Å². The van der Waals surface area contributed by atoms with Crippen LogP contribution in [0.3, 0.4) is 0 Å². The zero-order valence-electron chi connectivity index (χ0n) is 13.7. The van der Waals surface area contributed by atoms with Crippen LogP contribution in [-0.2, 0) is 13.0 Å². The normalized spacial score (nSPS) is 17.1. The lowest BCUT2D eigenvalue weighted by Gasteiger charge is -2.31. The van der Waals surface area contributed by atoms with Crippen molar-refractivity contribution in [3.63, 3.8) is 0 Å². The van der Waals surface area contributed by atoms with Gasteiger partial charge in [0.25, 0.3) is 0 Å². The minimum absolute atomic E-state index is 0.331. The average Bonchev–Trinajstić information content (AvgIpc) is 3.10. The summed E-state index contributed by atoms with van der Waals surface area (Å²) in [6.07, 6.45) is 0.990. The molecule has 1 aliphatic rings. The van der Waals surface area contributed by atoms with Gasteiger partial charge in [-0.3, -0.25) is 0 Å². The summed E-state index contributed by atoms with van der Waals surface area (Å²) < 4.78 is 0. The van der Waals surface area contributed by atoms with E-state index in [0.717, 1.165) is 24.5 Å². The maximum Gasteiger partial charge on any atom is 0.102 e. The summed E-state index contributed by atoms with van der Waals surface area (Å²) in [5.41, 5.74) is 3.75. The first kappa shape index (κ1) is 15.2. The zero-order valence-corrected chi connectivity index (χ0v) is 14.5. The van der Waals surface area contributed by atoms with Crippen LogP contribution < -0.4 is 0 Å². The minimum Gasteiger partial charge on any atom is -0.348 e. The average molecular weight is 332 g/mol. The standard InChI is InChI=1S/C21H20N2S/c1-16-22-19-11-6-5-10-18(19)14-20(21-12-7-13-24-21)23(16)15-17-8-3-2-4-9-17/h2-13,20H,14-15H2,1H3. The van der Waals surface area contributed by atoms with Crippen LogP contribution in [0, 0.1) is 0 Å². The molecule has 3 aromatic rings. The molecule has 0 spiro atoms. The molecule has 2 heterocycles. The van der Waals surface area contributed by atoms with Crippen molar-refractivity contribution in [2.24, 2.45) is 4.99 Å². The molecular weight excluding hydrogens is 312 g/mol. The number of thiophene rings is 1. The van der Waals surface area contributed by atoms with Gasteiger partial charge in [0.05, 0.1) is 11.7 Å². The highest BCUT2D eigenvalue weighted by Crippen LogP contribution is 2.36. The predicted octanol–water partition coefficient (Wildman–Crippen LogP) is 5.60. The fraction of sp³-hybridized carbons (Fsp3) is 0.190. The molecular formula is C21H20N2S. The monoisotopic (exact) mass is 332 g/mol. The third-order valence-corrected chi connectivity index (χ3v) is 5.52. The molecule has 0 radical (unpaired) electrons. The van der Waals surface area contributed by atoms with Gasteiger partial charge in [-0.15, -0.1) is 11.3 Å². The van der Waals surface area contributed by atoms with Gasteiger partial charge in [0.1, 0.15) is 5.84 Å². The van der Waals surface area contributed by atoms with E-state index in [-0.39, 0.29) is 0 Å². The van der Waals surface area contributed by atoms with E-state index < -0.39 is 0 Å². The zero-order chi connectivity index (χ0) is 16.4. The SMILES string of the molecule is CC1=Nc2ccccc2CC(c2cccs2)N1Cc1ccccc1. The Bertz CT molecular complexity index is 837. The number of hydrogen-bond donors (Lipinski definition) is 0. The fourth-order valence-electron chi connectivity index (χ4n) is 3.31. The second-order valence-electron chi connectivity index (χ2n) is 6.14. The summed E-state index contributed by atoms with van der Waals surface area (Å²) in [5, 5.41) is 2.17. The van der Waals surface area contributed by atoms with Gasteiger partial charge in [0.15, 0.2) is 0 Å². The molecule has 1 aromatic heterocycles. The maximum atomic E-state index is 4.92. The highest BCUT2D eigenvalue weighted by atomic mass is 32.1. The summed E-state index contributed by atoms with van der Waals surface area (Å²) in [6, 6.07) is 23.9. The Morgan fingerprint density at radius 3 is 2.58 bits per heavy atom. The van der Waals surface area contributed by atoms with Crippen molar-refractivity contribution in [1.29, 1.82) is 0 Å². The molecule has 0 bridgehead atoms. The number of aliphatic imine (C=N–C) groups is 1. The Balaban J connectivity index is 1.76. The van der Waals surface area contributed by atoms with Crippen molar-refractivity contribution >= 4 is 22.9 Å². The summed E-state index contributed by atoms with van der Waals surface area (Å²) in [4.78, 5) is 8.77. The van der Waals surface area contributed by atoms with E-state index in [4.69, 9.17) is 4.99 Å². The number of benzene rings is 2. The molecule has 24 heavy (non-hydrogen) atoms. The van der Waals surface area contributed by atoms with E-state index in [1.165, 1.54) is 16.0 Å². The van der Waals surface area contributed by atoms with Crippen LogP contribution in [0.4, 0.5) is 5.69 Å². The second kappa shape index (κ2) is 6.62. The van der Waals surface area contributed by atoms with E-state index in [9.17, 15) is 0 Å². The summed E-state index contributed by atoms with van der Waals surface area (Å²) in [5.74, 6) is 1.09. The van der Waals surface area contributed by atoms with E-state index in [1.807, 2.05) is 11.3 Å². The first-order valence-electron chi connectivity index (χ1n) is 8.28. The molecule has 3 heteroatoms. The highest BCUT2D eigenvalue weighted by molar-refractivity contribution is 7.10. The van der Waals surface area contributed by atoms with Crippen LogP contribution in [0.15, 0.2) is 77.1 Å². The molecule has 0 N–H and O–H groups in total. The Hall–Kier alpha value is -2.39. The van der Waals surface area contributed by atoms with Crippen LogP contribution in [0.25, 0.3) is 0 Å². The van der Waals surface area contributed by atoms with Crippen LogP contribution in [0.2, 0.25) is 0 Å². The van der Waals surface area contributed by atoms with Gasteiger partial charge >= 0.3 is 0 Å². The molecule has 1 unspecified atom stereocenters. The van der Waals surface area contributed by atoms with Gasteiger partial charge in [-0.1, -0.05) is 54.6 Å². The number of amidine groups is 1. The Kier molecular flexibility index (Phi) is 4.18. The van der Waals surface area contributed by atoms with Crippen LogP contribution in [0.1, 0.15) is 29.0 Å². The first-order valence-corrected chi connectivity index (χ1v) is 9.16. The minimum atomic E-state index is 0.331. The first-order chi connectivity index (χ1) is 11.8. The predicted molar refractivity (Wildman–Crippen MR) is 102 cm³/mol. The molecule has 1 aliphatic heterocycles. The number of nitrogens with zero attached hydrogens (tertiary/aromatic N) is 2. The Morgan fingerprint density at radius 2 is 1.79 bits per heavy atom. The molecule has 2 nitrogen and oxygen atoms in total. The third kappa shape index (κ3) is 3.00. The van der Waals surface area contributed by atoms with E-state index in [2.05, 4.69) is 83.9 Å². The van der Waals surface area contributed by atoms with Gasteiger partial charge in [-0.2, -0.15) is 0 Å². The van der Waals surface area contributed by atoms with Gasteiger partial charge < -0.3 is 4.90 Å². The van der Waals surface area contributed by atoms with Crippen molar-refractivity contribution in [3.8, 4) is 0 Å². The molecule has 0 saturated carbocycles. The van der Waals surface area contributed by atoms with Crippen LogP contribution >= 0.6 is 11.3 Å². The number of hydrogen-bond acceptors (Lipinski definition) is 3. The fourth-order valence-corrected chi connectivity index (χ4v) is 4.15. The quantitative estimate of drug-likeness (QED) is 0.610. The van der Waals surface area contributed by atoms with E-state index >= 15 is 0 Å². The van der Waals surface area contributed by atoms with Gasteiger partial charge in [0, 0.05) is 11.4 Å². The third-order valence-electron chi connectivity index (χ3n) is 4.55. The van der Waals surface area contributed by atoms with Crippen LogP contribution in [0.5, 0.6) is 0 Å². The topological polar surface area (TPSA) is 15.6 Å². The lowest BCUT2D eigenvalue weighted by molar-refractivity contribution is 0.312. The lowest BCUT2D eigenvalue weighted by Crippen LogP contribution is -2.32. The molecule has 2 aromatic carbocycles. The van der Waals surface area contributed by atoms with E-state index in [1.54, 1.807) is 0 Å². The van der Waals surface area contributed by atoms with Gasteiger partial charge in [-0.25, -0.2) is 4.99 Å². The second-order valence-corrected chi connectivity index (χ2v) is 7.12. The molecule has 120 valence electrons. The molecule has 4 rings (SSSR count). The van der Waals surface area contributed by atoms with Crippen molar-refractivity contribution in [3.05, 3.63) is 88.1 Å². The Morgan fingerprint density at radius 1 is 1.00 bits per heavy atom. The molecule has 0 saturated heterocycles. The maximum absolute atomic E-state index is 4.92. The molecule has 0 fully saturated rings. The smallest absolute Gasteiger partial charge is 0.102 e. The molecule has 0 aliphatic carbocycles. The largest absolute Gasteiger partial charge is 0.348 e. The van der Waals surface area contributed by atoms with Crippen molar-refractivity contribution in [2.75, 3.05) is 0 Å². The summed E-state index contributed by atoms with van der Waals surface area (Å²) in [7, 11) is 0. The van der Waals surface area contributed by atoms with Crippen molar-refractivity contribution in [2.45, 2.75) is 25.9 Å². The Labute approximate surface area is 147 Å².